The van der Waals surface area contributed by atoms with Gasteiger partial charge in [-0.05, 0) is 56.7 Å². The fourth-order valence-corrected chi connectivity index (χ4v) is 5.35. The van der Waals surface area contributed by atoms with Gasteiger partial charge in [-0.1, -0.05) is 54.9 Å². The first-order chi connectivity index (χ1) is 18.4. The molecule has 7 nitrogen and oxygen atoms in total. The molecule has 0 aliphatic heterocycles. The number of anilines is 1. The minimum absolute atomic E-state index is 0.0545. The first-order valence-electron chi connectivity index (χ1n) is 12.3. The highest BCUT2D eigenvalue weighted by Gasteiger charge is 2.33. The number of carbonyl (C=O) groups excluding carboxylic acids is 2. The van der Waals surface area contributed by atoms with Crippen LogP contribution in [0.5, 0.6) is 0 Å². The normalized spacial score (nSPS) is 12.9. The van der Waals surface area contributed by atoms with Crippen LogP contribution in [0.25, 0.3) is 0 Å². The fraction of sp³-hybridized carbons (Fsp3) is 0.286. The number of carbonyl (C=O) groups is 2. The number of nitrogens with zero attached hydrogens (tertiary/aromatic N) is 2. The zero-order valence-electron chi connectivity index (χ0n) is 21.8. The van der Waals surface area contributed by atoms with Crippen LogP contribution in [0.3, 0.4) is 0 Å². The molecule has 1 N–H and O–H groups in total. The summed E-state index contributed by atoms with van der Waals surface area (Å²) in [4.78, 5) is 27.8. The van der Waals surface area contributed by atoms with E-state index in [1.165, 1.54) is 55.5 Å². The van der Waals surface area contributed by atoms with Crippen LogP contribution in [-0.4, -0.2) is 43.8 Å². The van der Waals surface area contributed by atoms with E-state index in [-0.39, 0.29) is 33.8 Å². The van der Waals surface area contributed by atoms with E-state index in [2.05, 4.69) is 5.32 Å². The molecule has 0 aliphatic rings. The third-order valence-electron chi connectivity index (χ3n) is 6.27. The largest absolute Gasteiger partial charge is 0.352 e. The van der Waals surface area contributed by atoms with Crippen LogP contribution in [0, 0.1) is 11.6 Å². The molecule has 39 heavy (non-hydrogen) atoms. The number of rotatable bonds is 11. The highest BCUT2D eigenvalue weighted by Crippen LogP contribution is 2.28. The monoisotopic (exact) mass is 577 g/mol. The predicted octanol–water partition coefficient (Wildman–Crippen LogP) is 5.15. The van der Waals surface area contributed by atoms with Crippen molar-refractivity contribution in [1.29, 1.82) is 0 Å². The Balaban J connectivity index is 2.05. The second kappa shape index (κ2) is 13.0. The maximum Gasteiger partial charge on any atom is 0.264 e. The molecular weight excluding hydrogens is 548 g/mol. The van der Waals surface area contributed by atoms with Gasteiger partial charge in [0.05, 0.1) is 15.6 Å². The molecule has 208 valence electrons. The Kier molecular flexibility index (Phi) is 10.0. The predicted molar refractivity (Wildman–Crippen MR) is 147 cm³/mol. The smallest absolute Gasteiger partial charge is 0.264 e. The van der Waals surface area contributed by atoms with E-state index in [0.717, 1.165) is 21.3 Å². The summed E-state index contributed by atoms with van der Waals surface area (Å²) in [5.41, 5.74) is 0.0949. The molecule has 0 unspecified atom stereocenters. The molecule has 0 aromatic heterocycles. The van der Waals surface area contributed by atoms with E-state index >= 15 is 0 Å². The van der Waals surface area contributed by atoms with Crippen LogP contribution in [-0.2, 0) is 26.2 Å². The third kappa shape index (κ3) is 7.33. The Hall–Kier alpha value is -3.50. The summed E-state index contributed by atoms with van der Waals surface area (Å²) in [5.74, 6) is -2.59. The molecule has 3 aromatic carbocycles. The molecule has 0 spiro atoms. The molecule has 3 aromatic rings. The number of amides is 2. The van der Waals surface area contributed by atoms with E-state index in [4.69, 9.17) is 11.6 Å². The lowest BCUT2D eigenvalue weighted by atomic mass is 10.1. The van der Waals surface area contributed by atoms with Crippen molar-refractivity contribution < 1.29 is 26.8 Å². The summed E-state index contributed by atoms with van der Waals surface area (Å²) in [6.07, 6.45) is 0.647. The van der Waals surface area contributed by atoms with Crippen molar-refractivity contribution in [3.05, 3.63) is 95.0 Å². The summed E-state index contributed by atoms with van der Waals surface area (Å²) in [6, 6.07) is 15.2. The van der Waals surface area contributed by atoms with Gasteiger partial charge < -0.3 is 10.2 Å². The number of hydrogen-bond donors (Lipinski definition) is 1. The minimum Gasteiger partial charge on any atom is -0.352 e. The van der Waals surface area contributed by atoms with Gasteiger partial charge >= 0.3 is 0 Å². The topological polar surface area (TPSA) is 86.8 Å². The van der Waals surface area contributed by atoms with Crippen LogP contribution < -0.4 is 9.62 Å². The van der Waals surface area contributed by atoms with Gasteiger partial charge in [-0.15, -0.1) is 0 Å². The van der Waals surface area contributed by atoms with E-state index in [1.54, 1.807) is 19.1 Å². The lowest BCUT2D eigenvalue weighted by Crippen LogP contribution is -2.52. The standard InChI is InChI=1S/C28H30ClF2N3O4S/c1-4-19(2)32-28(36)20(3)33(17-21-10-8-9-13-25(21)30)27(35)18-34(22-14-15-26(31)24(29)16-22)39(37,38)23-11-6-5-7-12-23/h5-16,19-20H,4,17-18H2,1-3H3,(H,32,36)/t19-,20-/m0/s1. The van der Waals surface area contributed by atoms with Gasteiger partial charge in [-0.3, -0.25) is 13.9 Å². The molecule has 0 fully saturated rings. The van der Waals surface area contributed by atoms with Crippen molar-refractivity contribution in [2.75, 3.05) is 10.8 Å². The zero-order valence-corrected chi connectivity index (χ0v) is 23.3. The highest BCUT2D eigenvalue weighted by atomic mass is 35.5. The second-order valence-electron chi connectivity index (χ2n) is 9.03. The second-order valence-corrected chi connectivity index (χ2v) is 11.3. The molecule has 3 rings (SSSR count). The average molecular weight is 578 g/mol. The molecule has 0 saturated heterocycles. The zero-order chi connectivity index (χ0) is 28.7. The van der Waals surface area contributed by atoms with Crippen LogP contribution >= 0.6 is 11.6 Å². The minimum atomic E-state index is -4.33. The summed E-state index contributed by atoms with van der Waals surface area (Å²) >= 11 is 5.95. The van der Waals surface area contributed by atoms with E-state index in [0.29, 0.717) is 6.42 Å². The quantitative estimate of drug-likeness (QED) is 0.342. The number of nitrogens with one attached hydrogen (secondary N) is 1. The summed E-state index contributed by atoms with van der Waals surface area (Å²) < 4.78 is 56.6. The number of benzene rings is 3. The van der Waals surface area contributed by atoms with Crippen LogP contribution in [0.4, 0.5) is 14.5 Å². The van der Waals surface area contributed by atoms with Crippen molar-refractivity contribution in [3.8, 4) is 0 Å². The van der Waals surface area contributed by atoms with Crippen LogP contribution in [0.15, 0.2) is 77.7 Å². The van der Waals surface area contributed by atoms with E-state index in [9.17, 15) is 26.8 Å². The molecule has 0 saturated carbocycles. The molecule has 0 bridgehead atoms. The van der Waals surface area contributed by atoms with E-state index < -0.39 is 46.1 Å². The number of halogens is 3. The van der Waals surface area contributed by atoms with Gasteiger partial charge in [0.2, 0.25) is 11.8 Å². The summed E-state index contributed by atoms with van der Waals surface area (Å²) in [7, 11) is -4.33. The first-order valence-corrected chi connectivity index (χ1v) is 14.1. The lowest BCUT2D eigenvalue weighted by molar-refractivity contribution is -0.139. The molecule has 2 atom stereocenters. The molecule has 0 aliphatic carbocycles. The van der Waals surface area contributed by atoms with Gasteiger partial charge in [0.25, 0.3) is 10.0 Å². The first kappa shape index (κ1) is 30.0. The molecule has 11 heteroatoms. The Labute approximate surface area is 232 Å². The third-order valence-corrected chi connectivity index (χ3v) is 8.35. The molecular formula is C28H30ClF2N3O4S. The van der Waals surface area contributed by atoms with Gasteiger partial charge in [-0.2, -0.15) is 0 Å². The van der Waals surface area contributed by atoms with Crippen molar-refractivity contribution in [1.82, 2.24) is 10.2 Å². The molecule has 0 heterocycles. The fourth-order valence-electron chi connectivity index (χ4n) is 3.75. The van der Waals surface area contributed by atoms with Crippen LogP contribution in [0.2, 0.25) is 5.02 Å². The SMILES string of the molecule is CC[C@H](C)NC(=O)[C@H](C)N(Cc1ccccc1F)C(=O)CN(c1ccc(F)c(Cl)c1)S(=O)(=O)c1ccccc1. The van der Waals surface area contributed by atoms with Gasteiger partial charge in [-0.25, -0.2) is 17.2 Å². The molecule has 2 amide bonds. The lowest BCUT2D eigenvalue weighted by Gasteiger charge is -2.32. The van der Waals surface area contributed by atoms with Gasteiger partial charge in [0.1, 0.15) is 24.2 Å². The Morgan fingerprint density at radius 2 is 1.59 bits per heavy atom. The van der Waals surface area contributed by atoms with Crippen molar-refractivity contribution in [2.45, 2.75) is 50.7 Å². The molecule has 0 radical (unpaired) electrons. The Bertz CT molecular complexity index is 1420. The van der Waals surface area contributed by atoms with Gasteiger partial charge in [0.15, 0.2) is 0 Å². The summed E-state index contributed by atoms with van der Waals surface area (Å²) in [6.45, 7) is 4.14. The Morgan fingerprint density at radius 1 is 0.949 bits per heavy atom. The van der Waals surface area contributed by atoms with Crippen LogP contribution in [0.1, 0.15) is 32.8 Å². The maximum absolute atomic E-state index is 14.6. The number of sulfonamides is 1. The highest BCUT2D eigenvalue weighted by molar-refractivity contribution is 7.92. The van der Waals surface area contributed by atoms with Crippen molar-refractivity contribution in [3.63, 3.8) is 0 Å². The van der Waals surface area contributed by atoms with Crippen molar-refractivity contribution in [2.24, 2.45) is 0 Å². The number of hydrogen-bond acceptors (Lipinski definition) is 4. The average Bonchev–Trinajstić information content (AvgIpc) is 2.92. The van der Waals surface area contributed by atoms with Gasteiger partial charge in [0, 0.05) is 18.2 Å². The van der Waals surface area contributed by atoms with Crippen molar-refractivity contribution >= 4 is 39.1 Å². The summed E-state index contributed by atoms with van der Waals surface area (Å²) in [5, 5.41) is 2.47. The maximum atomic E-state index is 14.6. The van der Waals surface area contributed by atoms with E-state index in [1.807, 2.05) is 6.92 Å². The Morgan fingerprint density at radius 3 is 2.21 bits per heavy atom.